The third kappa shape index (κ3) is 7.15. The summed E-state index contributed by atoms with van der Waals surface area (Å²) in [6, 6.07) is 6.93. The maximum absolute atomic E-state index is 12.0. The minimum absolute atomic E-state index is 0.0300. The Balaban J connectivity index is 2.39. The quantitative estimate of drug-likeness (QED) is 0.743. The van der Waals surface area contributed by atoms with Gasteiger partial charge in [0.05, 0.1) is 7.11 Å². The summed E-state index contributed by atoms with van der Waals surface area (Å²) in [6.07, 6.45) is 0.916. The molecule has 0 fully saturated rings. The van der Waals surface area contributed by atoms with Crippen LogP contribution in [-0.4, -0.2) is 69.0 Å². The predicted molar refractivity (Wildman–Crippen MR) is 90.8 cm³/mol. The van der Waals surface area contributed by atoms with Gasteiger partial charge in [-0.05, 0) is 51.3 Å². The van der Waals surface area contributed by atoms with Gasteiger partial charge in [0.15, 0.2) is 0 Å². The topological polar surface area (TPSA) is 61.9 Å². The van der Waals surface area contributed by atoms with Crippen LogP contribution in [0.2, 0.25) is 0 Å². The van der Waals surface area contributed by atoms with Crippen LogP contribution in [0.4, 0.5) is 0 Å². The lowest BCUT2D eigenvalue weighted by Gasteiger charge is -2.22. The molecule has 0 aromatic heterocycles. The van der Waals surface area contributed by atoms with Crippen molar-refractivity contribution in [1.29, 1.82) is 0 Å². The number of ether oxygens (including phenoxy) is 1. The van der Waals surface area contributed by atoms with Crippen molar-refractivity contribution in [3.05, 3.63) is 29.8 Å². The van der Waals surface area contributed by atoms with Crippen molar-refractivity contribution in [2.75, 3.05) is 47.4 Å². The monoisotopic (exact) mass is 321 g/mol. The van der Waals surface area contributed by atoms with E-state index in [0.717, 1.165) is 13.0 Å². The number of rotatable bonds is 9. The normalized spacial score (nSPS) is 10.5. The Morgan fingerprint density at radius 1 is 1.09 bits per heavy atom. The highest BCUT2D eigenvalue weighted by Crippen LogP contribution is 2.10. The SMILES string of the molecule is COc1ccc(C(=O)NCCN(CCCN(C)C)C(C)=O)cc1. The molecule has 1 N–H and O–H groups in total. The minimum atomic E-state index is -0.149. The maximum atomic E-state index is 12.0. The predicted octanol–water partition coefficient (Wildman–Crippen LogP) is 1.23. The summed E-state index contributed by atoms with van der Waals surface area (Å²) >= 11 is 0. The number of hydrogen-bond acceptors (Lipinski definition) is 4. The summed E-state index contributed by atoms with van der Waals surface area (Å²) in [5, 5.41) is 2.84. The van der Waals surface area contributed by atoms with Crippen LogP contribution in [-0.2, 0) is 4.79 Å². The Hall–Kier alpha value is -2.08. The lowest BCUT2D eigenvalue weighted by atomic mass is 10.2. The average Bonchev–Trinajstić information content (AvgIpc) is 2.52. The van der Waals surface area contributed by atoms with Crippen LogP contribution >= 0.6 is 0 Å². The van der Waals surface area contributed by atoms with Crippen LogP contribution in [0.15, 0.2) is 24.3 Å². The summed E-state index contributed by atoms with van der Waals surface area (Å²) in [7, 11) is 5.60. The van der Waals surface area contributed by atoms with E-state index in [0.29, 0.717) is 30.9 Å². The first-order chi connectivity index (χ1) is 10.9. The molecule has 0 aliphatic heterocycles. The van der Waals surface area contributed by atoms with Gasteiger partial charge < -0.3 is 19.9 Å². The smallest absolute Gasteiger partial charge is 0.251 e. The highest BCUT2D eigenvalue weighted by atomic mass is 16.5. The Morgan fingerprint density at radius 2 is 1.74 bits per heavy atom. The van der Waals surface area contributed by atoms with Gasteiger partial charge in [-0.3, -0.25) is 9.59 Å². The van der Waals surface area contributed by atoms with Crippen LogP contribution in [0.1, 0.15) is 23.7 Å². The van der Waals surface area contributed by atoms with Crippen LogP contribution in [0.5, 0.6) is 5.75 Å². The number of benzene rings is 1. The summed E-state index contributed by atoms with van der Waals surface area (Å²) in [6.45, 7) is 4.14. The first-order valence-electron chi connectivity index (χ1n) is 7.76. The van der Waals surface area contributed by atoms with Crippen LogP contribution in [0.3, 0.4) is 0 Å². The van der Waals surface area contributed by atoms with Gasteiger partial charge in [0.2, 0.25) is 5.91 Å². The zero-order chi connectivity index (χ0) is 17.2. The molecule has 0 atom stereocenters. The number of carbonyl (C=O) groups excluding carboxylic acids is 2. The fourth-order valence-corrected chi connectivity index (χ4v) is 2.15. The number of amides is 2. The van der Waals surface area contributed by atoms with Gasteiger partial charge in [-0.25, -0.2) is 0 Å². The van der Waals surface area contributed by atoms with Crippen LogP contribution in [0, 0.1) is 0 Å². The molecular formula is C17H27N3O3. The Morgan fingerprint density at radius 3 is 2.26 bits per heavy atom. The van der Waals surface area contributed by atoms with E-state index in [4.69, 9.17) is 4.74 Å². The molecule has 0 heterocycles. The van der Waals surface area contributed by atoms with Gasteiger partial charge in [0.1, 0.15) is 5.75 Å². The fraction of sp³-hybridized carbons (Fsp3) is 0.529. The molecule has 1 aromatic carbocycles. The molecule has 1 aromatic rings. The third-order valence-electron chi connectivity index (χ3n) is 3.50. The molecule has 0 unspecified atom stereocenters. The molecule has 0 aliphatic rings. The largest absolute Gasteiger partial charge is 0.497 e. The molecular weight excluding hydrogens is 294 g/mol. The van der Waals surface area contributed by atoms with E-state index < -0.39 is 0 Å². The number of methoxy groups -OCH3 is 1. The molecule has 2 amide bonds. The number of nitrogens with zero attached hydrogens (tertiary/aromatic N) is 2. The number of nitrogens with one attached hydrogen (secondary N) is 1. The highest BCUT2D eigenvalue weighted by Gasteiger charge is 2.10. The van der Waals surface area contributed by atoms with E-state index in [9.17, 15) is 9.59 Å². The van der Waals surface area contributed by atoms with E-state index in [1.807, 2.05) is 14.1 Å². The molecule has 0 bridgehead atoms. The maximum Gasteiger partial charge on any atom is 0.251 e. The Kier molecular flexibility index (Phi) is 8.11. The molecule has 6 heteroatoms. The van der Waals surface area contributed by atoms with Gasteiger partial charge in [0.25, 0.3) is 5.91 Å². The lowest BCUT2D eigenvalue weighted by molar-refractivity contribution is -0.128. The molecule has 0 saturated heterocycles. The second-order valence-electron chi connectivity index (χ2n) is 5.65. The lowest BCUT2D eigenvalue weighted by Crippen LogP contribution is -2.38. The van der Waals surface area contributed by atoms with Crippen LogP contribution < -0.4 is 10.1 Å². The van der Waals surface area contributed by atoms with Gasteiger partial charge >= 0.3 is 0 Å². The zero-order valence-electron chi connectivity index (χ0n) is 14.5. The molecule has 0 aliphatic carbocycles. The minimum Gasteiger partial charge on any atom is -0.497 e. The summed E-state index contributed by atoms with van der Waals surface area (Å²) < 4.78 is 5.06. The molecule has 128 valence electrons. The molecule has 0 saturated carbocycles. The molecule has 1 rings (SSSR count). The first kappa shape index (κ1) is 19.0. The van der Waals surface area contributed by atoms with Crippen molar-refractivity contribution >= 4 is 11.8 Å². The fourth-order valence-electron chi connectivity index (χ4n) is 2.15. The van der Waals surface area contributed by atoms with Gasteiger partial charge in [0, 0.05) is 32.1 Å². The molecule has 0 spiro atoms. The van der Waals surface area contributed by atoms with Crippen molar-refractivity contribution in [3.63, 3.8) is 0 Å². The first-order valence-corrected chi connectivity index (χ1v) is 7.76. The van der Waals surface area contributed by atoms with Crippen LogP contribution in [0.25, 0.3) is 0 Å². The Labute approximate surface area is 138 Å². The standard InChI is InChI=1S/C17H27N3O3/c1-14(21)20(12-5-11-19(2)3)13-10-18-17(22)15-6-8-16(23-4)9-7-15/h6-9H,5,10-13H2,1-4H3,(H,18,22). The molecule has 6 nitrogen and oxygen atoms in total. The number of hydrogen-bond donors (Lipinski definition) is 1. The van der Waals surface area contributed by atoms with E-state index in [2.05, 4.69) is 10.2 Å². The third-order valence-corrected chi connectivity index (χ3v) is 3.50. The van der Waals surface area contributed by atoms with Gasteiger partial charge in [-0.2, -0.15) is 0 Å². The second kappa shape index (κ2) is 9.84. The second-order valence-corrected chi connectivity index (χ2v) is 5.65. The van der Waals surface area contributed by atoms with Crippen molar-refractivity contribution in [1.82, 2.24) is 15.1 Å². The summed E-state index contributed by atoms with van der Waals surface area (Å²) in [5.74, 6) is 0.595. The van der Waals surface area contributed by atoms with E-state index in [-0.39, 0.29) is 11.8 Å². The van der Waals surface area contributed by atoms with E-state index in [1.54, 1.807) is 43.2 Å². The summed E-state index contributed by atoms with van der Waals surface area (Å²) in [5.41, 5.74) is 0.577. The van der Waals surface area contributed by atoms with Gasteiger partial charge in [-0.15, -0.1) is 0 Å². The van der Waals surface area contributed by atoms with Crippen molar-refractivity contribution in [3.8, 4) is 5.75 Å². The van der Waals surface area contributed by atoms with E-state index >= 15 is 0 Å². The zero-order valence-corrected chi connectivity index (χ0v) is 14.5. The van der Waals surface area contributed by atoms with E-state index in [1.165, 1.54) is 0 Å². The van der Waals surface area contributed by atoms with Crippen molar-refractivity contribution in [2.24, 2.45) is 0 Å². The van der Waals surface area contributed by atoms with Crippen molar-refractivity contribution in [2.45, 2.75) is 13.3 Å². The Bertz CT molecular complexity index is 500. The van der Waals surface area contributed by atoms with Gasteiger partial charge in [-0.1, -0.05) is 0 Å². The summed E-state index contributed by atoms with van der Waals surface area (Å²) in [4.78, 5) is 27.5. The van der Waals surface area contributed by atoms with Crippen molar-refractivity contribution < 1.29 is 14.3 Å². The number of carbonyl (C=O) groups is 2. The highest BCUT2D eigenvalue weighted by molar-refractivity contribution is 5.94. The molecule has 0 radical (unpaired) electrons. The average molecular weight is 321 g/mol. The molecule has 23 heavy (non-hydrogen) atoms.